The molecule has 1 amide bonds. The van der Waals surface area contributed by atoms with Crippen LogP contribution in [0.15, 0.2) is 47.2 Å². The van der Waals surface area contributed by atoms with E-state index >= 15 is 0 Å². The van der Waals surface area contributed by atoms with Crippen LogP contribution in [0.1, 0.15) is 30.6 Å². The molecule has 2 aromatic rings. The van der Waals surface area contributed by atoms with Crippen molar-refractivity contribution < 1.29 is 9.21 Å². The monoisotopic (exact) mass is 311 g/mol. The van der Waals surface area contributed by atoms with Gasteiger partial charge in [0.1, 0.15) is 11.6 Å². The molecule has 1 fully saturated rings. The molecule has 5 heteroatoms. The number of nitrogens with one attached hydrogen (secondary N) is 1. The van der Waals surface area contributed by atoms with Crippen molar-refractivity contribution >= 4 is 17.8 Å². The number of pyridine rings is 1. The number of carbonyl (C=O) groups excluding carboxylic acids is 1. The largest absolute Gasteiger partial charge is 0.465 e. The average Bonchev–Trinajstić information content (AvgIpc) is 3.13. The van der Waals surface area contributed by atoms with Gasteiger partial charge in [0.25, 0.3) is 0 Å². The minimum atomic E-state index is -0.144. The number of amides is 1. The predicted octanol–water partition coefficient (Wildman–Crippen LogP) is 2.99. The molecule has 23 heavy (non-hydrogen) atoms. The van der Waals surface area contributed by atoms with Gasteiger partial charge < -0.3 is 14.6 Å². The highest BCUT2D eigenvalue weighted by molar-refractivity contribution is 5.91. The minimum absolute atomic E-state index is 0.144. The van der Waals surface area contributed by atoms with E-state index in [1.807, 2.05) is 18.3 Å². The fourth-order valence-corrected chi connectivity index (χ4v) is 2.74. The number of aromatic nitrogens is 1. The van der Waals surface area contributed by atoms with E-state index in [-0.39, 0.29) is 5.91 Å². The summed E-state index contributed by atoms with van der Waals surface area (Å²) in [5, 5.41) is 2.91. The first-order valence-electron chi connectivity index (χ1n) is 8.01. The summed E-state index contributed by atoms with van der Waals surface area (Å²) in [5.74, 6) is 1.51. The minimum Gasteiger partial charge on any atom is -0.465 e. The Hall–Kier alpha value is -2.56. The third-order valence-electron chi connectivity index (χ3n) is 3.92. The molecule has 0 aliphatic carbocycles. The lowest BCUT2D eigenvalue weighted by Gasteiger charge is -2.29. The number of nitrogens with zero attached hydrogens (tertiary/aromatic N) is 2. The van der Waals surface area contributed by atoms with E-state index in [1.165, 1.54) is 25.3 Å². The summed E-state index contributed by atoms with van der Waals surface area (Å²) in [5.41, 5.74) is 1.05. The van der Waals surface area contributed by atoms with Crippen LogP contribution in [0, 0.1) is 0 Å². The fourth-order valence-electron chi connectivity index (χ4n) is 2.74. The van der Waals surface area contributed by atoms with Gasteiger partial charge in [0.15, 0.2) is 0 Å². The molecule has 0 atom stereocenters. The molecule has 0 saturated carbocycles. The summed E-state index contributed by atoms with van der Waals surface area (Å²) in [6, 6.07) is 7.53. The zero-order valence-corrected chi connectivity index (χ0v) is 13.1. The molecule has 0 unspecified atom stereocenters. The second-order valence-corrected chi connectivity index (χ2v) is 5.60. The quantitative estimate of drug-likeness (QED) is 0.862. The van der Waals surface area contributed by atoms with E-state index in [1.54, 1.807) is 24.5 Å². The van der Waals surface area contributed by atoms with E-state index in [4.69, 9.17) is 4.42 Å². The molecule has 5 nitrogen and oxygen atoms in total. The van der Waals surface area contributed by atoms with Crippen LogP contribution in [-0.2, 0) is 11.3 Å². The van der Waals surface area contributed by atoms with Gasteiger partial charge in [0, 0.05) is 37.5 Å². The summed E-state index contributed by atoms with van der Waals surface area (Å²) in [6.45, 7) is 2.55. The van der Waals surface area contributed by atoms with Gasteiger partial charge in [0.05, 0.1) is 6.26 Å². The zero-order chi connectivity index (χ0) is 15.9. The molecule has 120 valence electrons. The first kappa shape index (κ1) is 15.3. The average molecular weight is 311 g/mol. The Morgan fingerprint density at radius 3 is 2.91 bits per heavy atom. The van der Waals surface area contributed by atoms with Crippen LogP contribution < -0.4 is 10.2 Å². The smallest absolute Gasteiger partial charge is 0.244 e. The standard InChI is InChI=1S/C18H21N3O2/c22-17(9-8-16-7-5-13-23-16)20-14-15-6-4-10-19-18(15)21-11-2-1-3-12-21/h4-10,13H,1-3,11-12,14H2,(H,20,22)/b9-8-. The third-order valence-corrected chi connectivity index (χ3v) is 3.92. The first-order chi connectivity index (χ1) is 11.3. The molecule has 0 radical (unpaired) electrons. The molecule has 0 bridgehead atoms. The molecule has 0 spiro atoms. The molecule has 1 saturated heterocycles. The predicted molar refractivity (Wildman–Crippen MR) is 89.9 cm³/mol. The summed E-state index contributed by atoms with van der Waals surface area (Å²) < 4.78 is 5.16. The number of anilines is 1. The molecular weight excluding hydrogens is 290 g/mol. The van der Waals surface area contributed by atoms with E-state index in [0.717, 1.165) is 24.5 Å². The van der Waals surface area contributed by atoms with Crippen molar-refractivity contribution in [2.75, 3.05) is 18.0 Å². The van der Waals surface area contributed by atoms with Gasteiger partial charge in [0.2, 0.25) is 5.91 Å². The number of piperidine rings is 1. The molecule has 3 rings (SSSR count). The SMILES string of the molecule is O=C(/C=C\c1ccco1)NCc1cccnc1N1CCCCC1. The van der Waals surface area contributed by atoms with Gasteiger partial charge in [-0.15, -0.1) is 0 Å². The van der Waals surface area contributed by atoms with Crippen molar-refractivity contribution in [3.05, 3.63) is 54.1 Å². The molecular formula is C18H21N3O2. The Morgan fingerprint density at radius 1 is 1.26 bits per heavy atom. The van der Waals surface area contributed by atoms with Crippen molar-refractivity contribution in [2.24, 2.45) is 0 Å². The Morgan fingerprint density at radius 2 is 2.13 bits per heavy atom. The first-order valence-corrected chi connectivity index (χ1v) is 8.01. The third kappa shape index (κ3) is 4.22. The summed E-state index contributed by atoms with van der Waals surface area (Å²) in [6.07, 6.45) is 10.2. The molecule has 0 aromatic carbocycles. The lowest BCUT2D eigenvalue weighted by Crippen LogP contribution is -2.32. The maximum absolute atomic E-state index is 11.9. The Kier molecular flexibility index (Phi) is 5.09. The van der Waals surface area contributed by atoms with Crippen molar-refractivity contribution in [2.45, 2.75) is 25.8 Å². The van der Waals surface area contributed by atoms with Crippen LogP contribution in [0.5, 0.6) is 0 Å². The highest BCUT2D eigenvalue weighted by Gasteiger charge is 2.15. The zero-order valence-electron chi connectivity index (χ0n) is 13.1. The van der Waals surface area contributed by atoms with Crippen LogP contribution in [0.2, 0.25) is 0 Å². The second kappa shape index (κ2) is 7.63. The Bertz CT molecular complexity index is 659. The summed E-state index contributed by atoms with van der Waals surface area (Å²) in [4.78, 5) is 18.7. The number of carbonyl (C=O) groups is 1. The summed E-state index contributed by atoms with van der Waals surface area (Å²) >= 11 is 0. The molecule has 3 heterocycles. The molecule has 2 aromatic heterocycles. The maximum Gasteiger partial charge on any atom is 0.244 e. The van der Waals surface area contributed by atoms with Gasteiger partial charge in [-0.3, -0.25) is 4.79 Å². The number of rotatable bonds is 5. The van der Waals surface area contributed by atoms with Crippen molar-refractivity contribution in [1.29, 1.82) is 0 Å². The van der Waals surface area contributed by atoms with Crippen LogP contribution in [-0.4, -0.2) is 24.0 Å². The van der Waals surface area contributed by atoms with E-state index in [2.05, 4.69) is 15.2 Å². The number of furan rings is 1. The van der Waals surface area contributed by atoms with Crippen LogP contribution in [0.4, 0.5) is 5.82 Å². The van der Waals surface area contributed by atoms with E-state index < -0.39 is 0 Å². The van der Waals surface area contributed by atoms with Gasteiger partial charge >= 0.3 is 0 Å². The van der Waals surface area contributed by atoms with Gasteiger partial charge in [-0.25, -0.2) is 4.98 Å². The van der Waals surface area contributed by atoms with Crippen LogP contribution in [0.3, 0.4) is 0 Å². The summed E-state index contributed by atoms with van der Waals surface area (Å²) in [7, 11) is 0. The fraction of sp³-hybridized carbons (Fsp3) is 0.333. The molecule has 1 aliphatic heterocycles. The van der Waals surface area contributed by atoms with E-state index in [0.29, 0.717) is 12.3 Å². The Balaban J connectivity index is 1.60. The van der Waals surface area contributed by atoms with Gasteiger partial charge in [-0.1, -0.05) is 6.07 Å². The highest BCUT2D eigenvalue weighted by atomic mass is 16.3. The van der Waals surface area contributed by atoms with Crippen LogP contribution in [0.25, 0.3) is 6.08 Å². The second-order valence-electron chi connectivity index (χ2n) is 5.60. The number of hydrogen-bond donors (Lipinski definition) is 1. The van der Waals surface area contributed by atoms with Gasteiger partial charge in [-0.05, 0) is 43.5 Å². The molecule has 1 aliphatic rings. The number of hydrogen-bond acceptors (Lipinski definition) is 4. The van der Waals surface area contributed by atoms with Crippen LogP contribution >= 0.6 is 0 Å². The normalized spacial score (nSPS) is 15.0. The van der Waals surface area contributed by atoms with Crippen molar-refractivity contribution in [3.63, 3.8) is 0 Å². The molecule has 1 N–H and O–H groups in total. The topological polar surface area (TPSA) is 58.4 Å². The lowest BCUT2D eigenvalue weighted by molar-refractivity contribution is -0.116. The lowest BCUT2D eigenvalue weighted by atomic mass is 10.1. The van der Waals surface area contributed by atoms with E-state index in [9.17, 15) is 4.79 Å². The maximum atomic E-state index is 11.9. The highest BCUT2D eigenvalue weighted by Crippen LogP contribution is 2.21. The van der Waals surface area contributed by atoms with Crippen molar-refractivity contribution in [1.82, 2.24) is 10.3 Å². The Labute approximate surface area is 136 Å². The van der Waals surface area contributed by atoms with Gasteiger partial charge in [-0.2, -0.15) is 0 Å². The van der Waals surface area contributed by atoms with Crippen molar-refractivity contribution in [3.8, 4) is 0 Å².